The number of halogens is 1. The predicted molar refractivity (Wildman–Crippen MR) is 122 cm³/mol. The molecular weight excluding hydrogens is 432 g/mol. The first-order valence-corrected chi connectivity index (χ1v) is 9.97. The number of benzene rings is 2. The van der Waals surface area contributed by atoms with Gasteiger partial charge in [0.1, 0.15) is 12.6 Å². The summed E-state index contributed by atoms with van der Waals surface area (Å²) < 4.78 is 5.81. The summed E-state index contributed by atoms with van der Waals surface area (Å²) in [5.41, 5.74) is 2.01. The summed E-state index contributed by atoms with van der Waals surface area (Å²) in [6.45, 7) is 0.677. The van der Waals surface area contributed by atoms with Crippen LogP contribution < -0.4 is 5.32 Å². The summed E-state index contributed by atoms with van der Waals surface area (Å²) in [4.78, 5) is 37.5. The van der Waals surface area contributed by atoms with Crippen LogP contribution in [0.15, 0.2) is 60.9 Å². The van der Waals surface area contributed by atoms with Gasteiger partial charge >= 0.3 is 5.97 Å². The number of esters is 1. The highest BCUT2D eigenvalue weighted by atomic mass is 35.5. The Bertz CT molecular complexity index is 1080. The van der Waals surface area contributed by atoms with Gasteiger partial charge in [-0.2, -0.15) is 5.10 Å². The second-order valence-electron chi connectivity index (χ2n) is 6.40. The van der Waals surface area contributed by atoms with Crippen LogP contribution in [0, 0.1) is 0 Å². The molecule has 0 atom stereocenters. The third-order valence-electron chi connectivity index (χ3n) is 4.11. The number of carbonyl (C=O) groups excluding carboxylic acids is 3. The van der Waals surface area contributed by atoms with Gasteiger partial charge in [-0.3, -0.25) is 14.4 Å². The summed E-state index contributed by atoms with van der Waals surface area (Å²) in [5.74, 6) is -0.193. The molecule has 8 nitrogen and oxygen atoms in total. The average molecular weight is 455 g/mol. The number of rotatable bonds is 8. The number of nitrogens with one attached hydrogen (secondary N) is 1. The Morgan fingerprint density at radius 3 is 2.50 bits per heavy atom. The summed E-state index contributed by atoms with van der Waals surface area (Å²) in [6.07, 6.45) is 5.88. The van der Waals surface area contributed by atoms with Gasteiger partial charge in [0, 0.05) is 16.1 Å². The first-order valence-electron chi connectivity index (χ1n) is 9.59. The lowest BCUT2D eigenvalue weighted by molar-refractivity contribution is -0.139. The molecule has 0 saturated heterocycles. The number of ether oxygens (including phenoxy) is 1. The summed E-state index contributed by atoms with van der Waals surface area (Å²) in [6, 6.07) is 13.9. The molecule has 0 aliphatic rings. The number of hydrogen-bond acceptors (Lipinski definition) is 7. The predicted octanol–water partition coefficient (Wildman–Crippen LogP) is 3.07. The zero-order chi connectivity index (χ0) is 23.3. The topological polar surface area (TPSA) is 103 Å². The van der Waals surface area contributed by atoms with Crippen LogP contribution in [-0.2, 0) is 16.1 Å². The number of aromatic nitrogens is 3. The molecule has 0 fully saturated rings. The second-order valence-corrected chi connectivity index (χ2v) is 6.84. The number of ketones is 1. The van der Waals surface area contributed by atoms with Gasteiger partial charge in [-0.1, -0.05) is 42.0 Å². The minimum atomic E-state index is -0.234. The molecule has 166 valence electrons. The Hall–Kier alpha value is -3.62. The van der Waals surface area contributed by atoms with E-state index in [1.54, 1.807) is 43.4 Å². The number of allylic oxidation sites excluding steroid dienone is 1. The quantitative estimate of drug-likeness (QED) is 0.317. The van der Waals surface area contributed by atoms with E-state index in [1.165, 1.54) is 18.1 Å². The van der Waals surface area contributed by atoms with E-state index in [0.29, 0.717) is 22.7 Å². The van der Waals surface area contributed by atoms with Crippen LogP contribution in [-0.4, -0.2) is 53.5 Å². The third kappa shape index (κ3) is 7.57. The SMILES string of the molecule is CNCC(=O)OC.O=Cc1cccc(/C=C/Cn2ncnc2C(=O)c2ccc(Cl)cc2)c1. The van der Waals surface area contributed by atoms with Gasteiger partial charge in [0.15, 0.2) is 5.82 Å². The highest BCUT2D eigenvalue weighted by molar-refractivity contribution is 6.30. The molecule has 0 aliphatic carbocycles. The van der Waals surface area contributed by atoms with E-state index >= 15 is 0 Å². The molecule has 1 N–H and O–H groups in total. The molecule has 32 heavy (non-hydrogen) atoms. The van der Waals surface area contributed by atoms with Crippen LogP contribution in [0.25, 0.3) is 6.08 Å². The lowest BCUT2D eigenvalue weighted by Crippen LogP contribution is -2.19. The fourth-order valence-corrected chi connectivity index (χ4v) is 2.67. The standard InChI is InChI=1S/C19H14ClN3O2.C4H9NO2/c20-17-8-6-16(7-9-17)18(25)19-21-13-22-23(19)10-2-5-14-3-1-4-15(11-14)12-24;1-5-3-4(6)7-2/h1-9,11-13H,10H2;5H,3H2,1-2H3/b5-2+;. The maximum absolute atomic E-state index is 12.5. The molecule has 1 aromatic heterocycles. The molecule has 0 saturated carbocycles. The fraction of sp³-hybridized carbons (Fsp3) is 0.174. The molecule has 2 aromatic carbocycles. The van der Waals surface area contributed by atoms with Crippen LogP contribution >= 0.6 is 11.6 Å². The number of carbonyl (C=O) groups is 3. The van der Waals surface area contributed by atoms with Gasteiger partial charge < -0.3 is 10.1 Å². The van der Waals surface area contributed by atoms with Crippen molar-refractivity contribution in [2.45, 2.75) is 6.54 Å². The minimum absolute atomic E-state index is 0.217. The second kappa shape index (κ2) is 12.9. The molecule has 0 unspecified atom stereocenters. The summed E-state index contributed by atoms with van der Waals surface area (Å²) in [5, 5.41) is 7.31. The number of nitrogens with zero attached hydrogens (tertiary/aromatic N) is 3. The molecule has 0 bridgehead atoms. The van der Waals surface area contributed by atoms with E-state index in [4.69, 9.17) is 11.6 Å². The lowest BCUT2D eigenvalue weighted by Gasteiger charge is -2.03. The maximum Gasteiger partial charge on any atom is 0.319 e. The van der Waals surface area contributed by atoms with Crippen molar-refractivity contribution in [3.05, 3.63) is 88.5 Å². The van der Waals surface area contributed by atoms with Crippen LogP contribution in [0.2, 0.25) is 5.02 Å². The van der Waals surface area contributed by atoms with Crippen LogP contribution in [0.5, 0.6) is 0 Å². The zero-order valence-electron chi connectivity index (χ0n) is 17.7. The van der Waals surface area contributed by atoms with E-state index in [1.807, 2.05) is 24.3 Å². The van der Waals surface area contributed by atoms with E-state index in [0.717, 1.165) is 11.8 Å². The van der Waals surface area contributed by atoms with Crippen molar-refractivity contribution in [2.75, 3.05) is 20.7 Å². The van der Waals surface area contributed by atoms with Crippen molar-refractivity contribution in [2.24, 2.45) is 0 Å². The van der Waals surface area contributed by atoms with Gasteiger partial charge in [0.05, 0.1) is 20.2 Å². The lowest BCUT2D eigenvalue weighted by atomic mass is 10.1. The number of likely N-dealkylation sites (N-methyl/N-ethyl adjacent to an activating group) is 1. The summed E-state index contributed by atoms with van der Waals surface area (Å²) >= 11 is 5.85. The van der Waals surface area contributed by atoms with E-state index in [2.05, 4.69) is 20.1 Å². The fourth-order valence-electron chi connectivity index (χ4n) is 2.55. The molecule has 0 aliphatic heterocycles. The molecule has 0 radical (unpaired) electrons. The van der Waals surface area contributed by atoms with Crippen molar-refractivity contribution in [3.8, 4) is 0 Å². The average Bonchev–Trinajstić information content (AvgIpc) is 3.28. The molecule has 0 amide bonds. The van der Waals surface area contributed by atoms with Crippen molar-refractivity contribution in [1.29, 1.82) is 0 Å². The highest BCUT2D eigenvalue weighted by Gasteiger charge is 2.15. The zero-order valence-corrected chi connectivity index (χ0v) is 18.5. The van der Waals surface area contributed by atoms with Crippen molar-refractivity contribution in [1.82, 2.24) is 20.1 Å². The normalized spacial score (nSPS) is 10.3. The largest absolute Gasteiger partial charge is 0.468 e. The van der Waals surface area contributed by atoms with Gasteiger partial charge in [-0.15, -0.1) is 0 Å². The van der Waals surface area contributed by atoms with Gasteiger partial charge in [0.25, 0.3) is 0 Å². The van der Waals surface area contributed by atoms with E-state index in [9.17, 15) is 14.4 Å². The van der Waals surface area contributed by atoms with Gasteiger partial charge in [-0.05, 0) is 42.9 Å². The molecule has 3 aromatic rings. The van der Waals surface area contributed by atoms with E-state index < -0.39 is 0 Å². The Labute approximate surface area is 190 Å². The van der Waals surface area contributed by atoms with Gasteiger partial charge in [0.2, 0.25) is 5.78 Å². The van der Waals surface area contributed by atoms with Crippen molar-refractivity contribution >= 4 is 35.7 Å². The smallest absolute Gasteiger partial charge is 0.319 e. The Balaban J connectivity index is 0.000000451. The number of aldehydes is 1. The molecule has 1 heterocycles. The maximum atomic E-state index is 12.5. The Morgan fingerprint density at radius 2 is 1.88 bits per heavy atom. The Morgan fingerprint density at radius 1 is 1.16 bits per heavy atom. The van der Waals surface area contributed by atoms with Crippen LogP contribution in [0.1, 0.15) is 32.1 Å². The van der Waals surface area contributed by atoms with Gasteiger partial charge in [-0.25, -0.2) is 9.67 Å². The monoisotopic (exact) mass is 454 g/mol. The Kier molecular flexibility index (Phi) is 9.96. The minimum Gasteiger partial charge on any atom is -0.468 e. The van der Waals surface area contributed by atoms with Crippen molar-refractivity contribution < 1.29 is 19.1 Å². The molecular formula is C23H23ClN4O4. The van der Waals surface area contributed by atoms with Crippen LogP contribution in [0.3, 0.4) is 0 Å². The third-order valence-corrected chi connectivity index (χ3v) is 4.36. The molecule has 3 rings (SSSR count). The molecule has 9 heteroatoms. The number of methoxy groups -OCH3 is 1. The number of hydrogen-bond donors (Lipinski definition) is 1. The van der Waals surface area contributed by atoms with Crippen molar-refractivity contribution in [3.63, 3.8) is 0 Å². The highest BCUT2D eigenvalue weighted by Crippen LogP contribution is 2.13. The first-order chi connectivity index (χ1) is 15.5. The summed E-state index contributed by atoms with van der Waals surface area (Å²) in [7, 11) is 3.05. The van der Waals surface area contributed by atoms with Crippen LogP contribution in [0.4, 0.5) is 0 Å². The first kappa shape index (κ1) is 24.6. The van der Waals surface area contributed by atoms with E-state index in [-0.39, 0.29) is 24.1 Å². The molecule has 0 spiro atoms.